The Morgan fingerprint density at radius 2 is 2.10 bits per heavy atom. The van der Waals surface area contributed by atoms with Gasteiger partial charge in [0.05, 0.1) is 6.54 Å². The normalized spacial score (nSPS) is 20.0. The Morgan fingerprint density at radius 3 is 2.81 bits per heavy atom. The lowest BCUT2D eigenvalue weighted by molar-refractivity contribution is 0.192. The molecular formula is C16H34N4O. The van der Waals surface area contributed by atoms with E-state index in [0.717, 1.165) is 51.6 Å². The number of rotatable bonds is 10. The summed E-state index contributed by atoms with van der Waals surface area (Å²) in [4.78, 5) is 7.30. The minimum absolute atomic E-state index is 0.632. The van der Waals surface area contributed by atoms with Gasteiger partial charge in [-0.25, -0.2) is 0 Å². The van der Waals surface area contributed by atoms with Gasteiger partial charge in [-0.2, -0.15) is 0 Å². The minimum Gasteiger partial charge on any atom is -0.385 e. The molecule has 1 saturated heterocycles. The third-order valence-electron chi connectivity index (χ3n) is 4.03. The van der Waals surface area contributed by atoms with Crippen molar-refractivity contribution in [2.75, 3.05) is 46.4 Å². The zero-order valence-corrected chi connectivity index (χ0v) is 14.2. The van der Waals surface area contributed by atoms with Gasteiger partial charge in [-0.05, 0) is 52.1 Å². The summed E-state index contributed by atoms with van der Waals surface area (Å²) in [6.07, 6.45) is 6.11. The molecule has 0 aliphatic carbocycles. The topological polar surface area (TPSA) is 48.9 Å². The number of likely N-dealkylation sites (tertiary alicyclic amines) is 1. The maximum absolute atomic E-state index is 5.06. The van der Waals surface area contributed by atoms with Crippen LogP contribution in [0.25, 0.3) is 0 Å². The summed E-state index contributed by atoms with van der Waals surface area (Å²) in [6, 6.07) is 0.632. The van der Waals surface area contributed by atoms with Crippen LogP contribution in [-0.2, 0) is 4.74 Å². The van der Waals surface area contributed by atoms with Crippen LogP contribution in [0.15, 0.2) is 4.99 Å². The van der Waals surface area contributed by atoms with E-state index in [4.69, 9.17) is 9.73 Å². The van der Waals surface area contributed by atoms with E-state index < -0.39 is 0 Å². The molecule has 1 fully saturated rings. The molecule has 1 rings (SSSR count). The van der Waals surface area contributed by atoms with Gasteiger partial charge in [0.1, 0.15) is 0 Å². The molecule has 21 heavy (non-hydrogen) atoms. The highest BCUT2D eigenvalue weighted by Crippen LogP contribution is 2.16. The van der Waals surface area contributed by atoms with E-state index in [0.29, 0.717) is 6.04 Å². The van der Waals surface area contributed by atoms with Crippen LogP contribution in [0.3, 0.4) is 0 Å². The SMILES string of the molecule is CCNC(=NCC1CCCN1CC)NCCCCCOC. The van der Waals surface area contributed by atoms with Crippen LogP contribution in [0.5, 0.6) is 0 Å². The molecule has 5 heteroatoms. The van der Waals surface area contributed by atoms with Crippen molar-refractivity contribution in [3.8, 4) is 0 Å². The predicted molar refractivity (Wildman–Crippen MR) is 90.0 cm³/mol. The van der Waals surface area contributed by atoms with E-state index in [1.165, 1.54) is 25.8 Å². The number of ether oxygens (including phenoxy) is 1. The van der Waals surface area contributed by atoms with Gasteiger partial charge in [-0.3, -0.25) is 9.89 Å². The molecule has 0 radical (unpaired) electrons. The van der Waals surface area contributed by atoms with Gasteiger partial charge in [0.2, 0.25) is 0 Å². The van der Waals surface area contributed by atoms with Crippen molar-refractivity contribution in [1.82, 2.24) is 15.5 Å². The Labute approximate surface area is 130 Å². The number of nitrogens with zero attached hydrogens (tertiary/aromatic N) is 2. The second kappa shape index (κ2) is 11.8. The number of guanidine groups is 1. The largest absolute Gasteiger partial charge is 0.385 e. The molecule has 1 aliphatic rings. The van der Waals surface area contributed by atoms with Crippen LogP contribution >= 0.6 is 0 Å². The Morgan fingerprint density at radius 1 is 1.24 bits per heavy atom. The average molecular weight is 298 g/mol. The fraction of sp³-hybridized carbons (Fsp3) is 0.938. The molecule has 0 aromatic heterocycles. The van der Waals surface area contributed by atoms with Crippen molar-refractivity contribution in [2.24, 2.45) is 4.99 Å². The molecule has 2 N–H and O–H groups in total. The molecule has 1 heterocycles. The standard InChI is InChI=1S/C16H34N4O/c1-4-17-16(18-11-7-6-8-13-21-3)19-14-15-10-9-12-20(15)5-2/h15H,4-14H2,1-3H3,(H2,17,18,19). The fourth-order valence-corrected chi connectivity index (χ4v) is 2.81. The van der Waals surface area contributed by atoms with E-state index in [1.807, 2.05) is 0 Å². The van der Waals surface area contributed by atoms with Crippen LogP contribution in [0.1, 0.15) is 46.0 Å². The van der Waals surface area contributed by atoms with Crippen molar-refractivity contribution < 1.29 is 4.74 Å². The molecule has 0 amide bonds. The van der Waals surface area contributed by atoms with Crippen LogP contribution in [0.2, 0.25) is 0 Å². The zero-order valence-electron chi connectivity index (χ0n) is 14.2. The second-order valence-electron chi connectivity index (χ2n) is 5.62. The van der Waals surface area contributed by atoms with Crippen molar-refractivity contribution in [2.45, 2.75) is 52.0 Å². The smallest absolute Gasteiger partial charge is 0.191 e. The summed E-state index contributed by atoms with van der Waals surface area (Å²) in [7, 11) is 1.76. The van der Waals surface area contributed by atoms with Crippen molar-refractivity contribution in [1.29, 1.82) is 0 Å². The number of hydrogen-bond acceptors (Lipinski definition) is 3. The number of unbranched alkanes of at least 4 members (excludes halogenated alkanes) is 2. The zero-order chi connectivity index (χ0) is 15.3. The van der Waals surface area contributed by atoms with E-state index in [2.05, 4.69) is 29.4 Å². The molecule has 0 aromatic rings. The Kier molecular flexibility index (Phi) is 10.3. The Hall–Kier alpha value is -0.810. The van der Waals surface area contributed by atoms with Gasteiger partial charge in [-0.1, -0.05) is 6.92 Å². The molecule has 0 saturated carbocycles. The highest BCUT2D eigenvalue weighted by atomic mass is 16.5. The van der Waals surface area contributed by atoms with Gasteiger partial charge in [0, 0.05) is 32.8 Å². The molecular weight excluding hydrogens is 264 g/mol. The minimum atomic E-state index is 0.632. The molecule has 1 atom stereocenters. The van der Waals surface area contributed by atoms with Crippen molar-refractivity contribution in [3.05, 3.63) is 0 Å². The number of likely N-dealkylation sites (N-methyl/N-ethyl adjacent to an activating group) is 1. The van der Waals surface area contributed by atoms with E-state index >= 15 is 0 Å². The first-order valence-corrected chi connectivity index (χ1v) is 8.57. The van der Waals surface area contributed by atoms with Gasteiger partial charge in [0.25, 0.3) is 0 Å². The lowest BCUT2D eigenvalue weighted by Crippen LogP contribution is -2.39. The maximum Gasteiger partial charge on any atom is 0.191 e. The second-order valence-corrected chi connectivity index (χ2v) is 5.62. The summed E-state index contributed by atoms with van der Waals surface area (Å²) in [5.74, 6) is 0.965. The van der Waals surface area contributed by atoms with Crippen LogP contribution < -0.4 is 10.6 Å². The predicted octanol–water partition coefficient (Wildman–Crippen LogP) is 1.84. The molecule has 0 aromatic carbocycles. The van der Waals surface area contributed by atoms with Crippen molar-refractivity contribution >= 4 is 5.96 Å². The molecule has 0 bridgehead atoms. The monoisotopic (exact) mass is 298 g/mol. The fourth-order valence-electron chi connectivity index (χ4n) is 2.81. The average Bonchev–Trinajstić information content (AvgIpc) is 2.95. The first kappa shape index (κ1) is 18.2. The summed E-state index contributed by atoms with van der Waals surface area (Å²) in [6.45, 7) is 10.4. The van der Waals surface area contributed by atoms with Gasteiger partial charge in [-0.15, -0.1) is 0 Å². The van der Waals surface area contributed by atoms with Crippen LogP contribution in [-0.4, -0.2) is 63.3 Å². The third kappa shape index (κ3) is 7.67. The van der Waals surface area contributed by atoms with E-state index in [-0.39, 0.29) is 0 Å². The molecule has 1 aliphatic heterocycles. The van der Waals surface area contributed by atoms with Crippen molar-refractivity contribution in [3.63, 3.8) is 0 Å². The quantitative estimate of drug-likeness (QED) is 0.367. The van der Waals surface area contributed by atoms with Gasteiger partial charge >= 0.3 is 0 Å². The number of methoxy groups -OCH3 is 1. The Bertz CT molecular complexity index is 283. The first-order valence-electron chi connectivity index (χ1n) is 8.57. The lowest BCUT2D eigenvalue weighted by Gasteiger charge is -2.21. The lowest BCUT2D eigenvalue weighted by atomic mass is 10.2. The maximum atomic E-state index is 5.06. The summed E-state index contributed by atoms with van der Waals surface area (Å²) >= 11 is 0. The third-order valence-corrected chi connectivity index (χ3v) is 4.03. The first-order chi connectivity index (χ1) is 10.3. The van der Waals surface area contributed by atoms with E-state index in [1.54, 1.807) is 7.11 Å². The summed E-state index contributed by atoms with van der Waals surface area (Å²) < 4.78 is 5.06. The molecule has 0 spiro atoms. The number of aliphatic imine (C=N–C) groups is 1. The summed E-state index contributed by atoms with van der Waals surface area (Å²) in [5.41, 5.74) is 0. The highest BCUT2D eigenvalue weighted by molar-refractivity contribution is 5.79. The Balaban J connectivity index is 2.25. The van der Waals surface area contributed by atoms with E-state index in [9.17, 15) is 0 Å². The summed E-state index contributed by atoms with van der Waals surface area (Å²) in [5, 5.41) is 6.77. The highest BCUT2D eigenvalue weighted by Gasteiger charge is 2.22. The molecule has 1 unspecified atom stereocenters. The molecule has 124 valence electrons. The van der Waals surface area contributed by atoms with Gasteiger partial charge < -0.3 is 15.4 Å². The van der Waals surface area contributed by atoms with Crippen LogP contribution in [0, 0.1) is 0 Å². The molecule has 5 nitrogen and oxygen atoms in total. The number of hydrogen-bond donors (Lipinski definition) is 2. The number of nitrogens with one attached hydrogen (secondary N) is 2. The van der Waals surface area contributed by atoms with Gasteiger partial charge in [0.15, 0.2) is 5.96 Å². The van der Waals surface area contributed by atoms with Crippen LogP contribution in [0.4, 0.5) is 0 Å².